The molecule has 4 heterocycles. The number of hydrogen-bond donors (Lipinski definition) is 0. The van der Waals surface area contributed by atoms with Crippen LogP contribution in [-0.4, -0.2) is 14.5 Å². The summed E-state index contributed by atoms with van der Waals surface area (Å²) < 4.78 is 5.10. The molecule has 240 valence electrons. The summed E-state index contributed by atoms with van der Waals surface area (Å²) in [5.41, 5.74) is 7.48. The Morgan fingerprint density at radius 3 is 1.88 bits per heavy atom. The second-order valence-electron chi connectivity index (χ2n) is 13.7. The van der Waals surface area contributed by atoms with Gasteiger partial charge in [0, 0.05) is 48.8 Å². The van der Waals surface area contributed by atoms with Crippen molar-refractivity contribution in [3.05, 3.63) is 164 Å². The summed E-state index contributed by atoms with van der Waals surface area (Å²) in [4.78, 5) is 9.97. The maximum Gasteiger partial charge on any atom is 0.0972 e. The standard InChI is InChI=1S/C48H27N3S/c1-3-12-33-31(10-1)32-11-2-4-13-34(32)38-27-44-40(26-37(33)38)39-25-30(41-22-20-29-19-18-28-9-8-24-49-46(28)47(29)50-41)21-23-42(39)51(44)43-16-7-15-36-35-14-5-6-17-45(35)52-48(36)43/h1-27H. The smallest absolute Gasteiger partial charge is 0.0972 e. The maximum absolute atomic E-state index is 5.25. The number of aromatic nitrogens is 3. The van der Waals surface area contributed by atoms with Crippen molar-refractivity contribution in [3.8, 4) is 16.9 Å². The van der Waals surface area contributed by atoms with Gasteiger partial charge in [0.25, 0.3) is 0 Å². The van der Waals surface area contributed by atoms with Crippen LogP contribution in [0.15, 0.2) is 164 Å². The summed E-state index contributed by atoms with van der Waals surface area (Å²) >= 11 is 1.88. The van der Waals surface area contributed by atoms with Gasteiger partial charge in [-0.3, -0.25) is 4.98 Å². The zero-order chi connectivity index (χ0) is 33.9. The maximum atomic E-state index is 5.25. The van der Waals surface area contributed by atoms with Crippen molar-refractivity contribution < 1.29 is 0 Å². The van der Waals surface area contributed by atoms with Gasteiger partial charge < -0.3 is 4.57 Å². The highest BCUT2D eigenvalue weighted by Crippen LogP contribution is 2.44. The number of fused-ring (bicyclic) bond motifs is 15. The van der Waals surface area contributed by atoms with Gasteiger partial charge in [0.2, 0.25) is 0 Å². The highest BCUT2D eigenvalue weighted by atomic mass is 32.1. The molecule has 0 aliphatic carbocycles. The summed E-state index contributed by atoms with van der Waals surface area (Å²) in [5.74, 6) is 0. The molecular weight excluding hydrogens is 651 g/mol. The van der Waals surface area contributed by atoms with E-state index in [2.05, 4.69) is 156 Å². The van der Waals surface area contributed by atoms with Crippen LogP contribution < -0.4 is 0 Å². The van der Waals surface area contributed by atoms with Crippen LogP contribution >= 0.6 is 11.3 Å². The molecule has 4 heteroatoms. The minimum atomic E-state index is 0.930. The van der Waals surface area contributed by atoms with E-state index in [-0.39, 0.29) is 0 Å². The summed E-state index contributed by atoms with van der Waals surface area (Å²) in [6.45, 7) is 0. The molecule has 12 rings (SSSR count). The lowest BCUT2D eigenvalue weighted by Crippen LogP contribution is -1.94. The molecule has 4 aromatic heterocycles. The number of pyridine rings is 2. The number of nitrogens with zero attached hydrogens (tertiary/aromatic N) is 3. The third-order valence-electron chi connectivity index (χ3n) is 11.0. The molecule has 0 aliphatic heterocycles. The van der Waals surface area contributed by atoms with Gasteiger partial charge in [-0.25, -0.2) is 4.98 Å². The number of thiophene rings is 1. The molecule has 0 N–H and O–H groups in total. The lowest BCUT2D eigenvalue weighted by molar-refractivity contribution is 1.20. The van der Waals surface area contributed by atoms with Crippen LogP contribution in [0.4, 0.5) is 0 Å². The predicted molar refractivity (Wildman–Crippen MR) is 222 cm³/mol. The topological polar surface area (TPSA) is 30.7 Å². The van der Waals surface area contributed by atoms with Gasteiger partial charge in [0.15, 0.2) is 0 Å². The Hall–Kier alpha value is -6.62. The van der Waals surface area contributed by atoms with Crippen LogP contribution in [0.2, 0.25) is 0 Å². The van der Waals surface area contributed by atoms with E-state index >= 15 is 0 Å². The van der Waals surface area contributed by atoms with Gasteiger partial charge in [0.05, 0.1) is 38.1 Å². The Labute approximate surface area is 301 Å². The number of hydrogen-bond acceptors (Lipinski definition) is 3. The molecule has 3 nitrogen and oxygen atoms in total. The van der Waals surface area contributed by atoms with Crippen LogP contribution in [0, 0.1) is 0 Å². The molecule has 0 bridgehead atoms. The van der Waals surface area contributed by atoms with Gasteiger partial charge in [-0.1, -0.05) is 109 Å². The van der Waals surface area contributed by atoms with Gasteiger partial charge in [-0.15, -0.1) is 11.3 Å². The molecule has 0 saturated carbocycles. The Morgan fingerprint density at radius 2 is 1.08 bits per heavy atom. The Morgan fingerprint density at radius 1 is 0.423 bits per heavy atom. The quantitative estimate of drug-likeness (QED) is 0.171. The zero-order valence-corrected chi connectivity index (χ0v) is 28.7. The monoisotopic (exact) mass is 677 g/mol. The Balaban J connectivity index is 1.22. The third kappa shape index (κ3) is 3.84. The SMILES string of the molecule is c1cnc2c(c1)ccc1ccc(-c3ccc4c(c3)c3cc5c6ccccc6c6ccccc6c5cc3n4-c3cccc4c3sc3ccccc34)nc12. The van der Waals surface area contributed by atoms with Crippen molar-refractivity contribution >= 4 is 107 Å². The van der Waals surface area contributed by atoms with E-state index in [9.17, 15) is 0 Å². The molecule has 0 amide bonds. The van der Waals surface area contributed by atoms with Crippen molar-refractivity contribution in [1.82, 2.24) is 14.5 Å². The van der Waals surface area contributed by atoms with Gasteiger partial charge >= 0.3 is 0 Å². The molecule has 0 fully saturated rings. The van der Waals surface area contributed by atoms with Gasteiger partial charge in [-0.05, 0) is 80.8 Å². The van der Waals surface area contributed by atoms with Crippen molar-refractivity contribution in [1.29, 1.82) is 0 Å². The molecular formula is C48H27N3S. The summed E-state index contributed by atoms with van der Waals surface area (Å²) in [7, 11) is 0. The minimum absolute atomic E-state index is 0.930. The first-order chi connectivity index (χ1) is 25.8. The first-order valence-electron chi connectivity index (χ1n) is 17.7. The van der Waals surface area contributed by atoms with E-state index in [1.54, 1.807) is 0 Å². The lowest BCUT2D eigenvalue weighted by Gasteiger charge is -2.13. The first kappa shape index (κ1) is 28.1. The zero-order valence-electron chi connectivity index (χ0n) is 27.8. The summed E-state index contributed by atoms with van der Waals surface area (Å²) in [6.07, 6.45) is 1.85. The van der Waals surface area contributed by atoms with Crippen molar-refractivity contribution in [3.63, 3.8) is 0 Å². The highest BCUT2D eigenvalue weighted by molar-refractivity contribution is 7.26. The average Bonchev–Trinajstić information content (AvgIpc) is 3.75. The fraction of sp³-hybridized carbons (Fsp3) is 0. The molecule has 8 aromatic carbocycles. The second-order valence-corrected chi connectivity index (χ2v) is 14.8. The van der Waals surface area contributed by atoms with E-state index < -0.39 is 0 Å². The lowest BCUT2D eigenvalue weighted by atomic mass is 9.93. The fourth-order valence-corrected chi connectivity index (χ4v) is 9.83. The number of benzene rings is 8. The van der Waals surface area contributed by atoms with E-state index in [0.717, 1.165) is 33.1 Å². The van der Waals surface area contributed by atoms with Crippen molar-refractivity contribution in [2.24, 2.45) is 0 Å². The van der Waals surface area contributed by atoms with Crippen molar-refractivity contribution in [2.45, 2.75) is 0 Å². The Bertz CT molecular complexity index is 3480. The second kappa shape index (κ2) is 10.5. The van der Waals surface area contributed by atoms with E-state index in [1.807, 2.05) is 23.6 Å². The van der Waals surface area contributed by atoms with Crippen LogP contribution in [0.3, 0.4) is 0 Å². The predicted octanol–water partition coefficient (Wildman–Crippen LogP) is 13.4. The van der Waals surface area contributed by atoms with Crippen molar-refractivity contribution in [2.75, 3.05) is 0 Å². The average molecular weight is 678 g/mol. The molecule has 52 heavy (non-hydrogen) atoms. The van der Waals surface area contributed by atoms with E-state index in [4.69, 9.17) is 9.97 Å². The van der Waals surface area contributed by atoms with Gasteiger partial charge in [0.1, 0.15) is 0 Å². The largest absolute Gasteiger partial charge is 0.308 e. The third-order valence-corrected chi connectivity index (χ3v) is 12.2. The molecule has 12 aromatic rings. The normalized spacial score (nSPS) is 12.2. The Kier molecular flexibility index (Phi) is 5.65. The molecule has 0 radical (unpaired) electrons. The molecule has 0 aliphatic rings. The number of rotatable bonds is 2. The van der Waals surface area contributed by atoms with Crippen LogP contribution in [0.1, 0.15) is 0 Å². The van der Waals surface area contributed by atoms with E-state index in [1.165, 1.54) is 80.0 Å². The van der Waals surface area contributed by atoms with Crippen LogP contribution in [-0.2, 0) is 0 Å². The van der Waals surface area contributed by atoms with Gasteiger partial charge in [-0.2, -0.15) is 0 Å². The van der Waals surface area contributed by atoms with Crippen LogP contribution in [0.25, 0.3) is 113 Å². The van der Waals surface area contributed by atoms with Crippen LogP contribution in [0.5, 0.6) is 0 Å². The highest BCUT2D eigenvalue weighted by Gasteiger charge is 2.20. The molecule has 0 saturated heterocycles. The summed E-state index contributed by atoms with van der Waals surface area (Å²) in [6, 6.07) is 57.7. The fourth-order valence-electron chi connectivity index (χ4n) is 8.63. The first-order valence-corrected chi connectivity index (χ1v) is 18.5. The molecule has 0 unspecified atom stereocenters. The molecule has 0 spiro atoms. The van der Waals surface area contributed by atoms with E-state index in [0.29, 0.717) is 0 Å². The summed E-state index contributed by atoms with van der Waals surface area (Å²) in [5, 5.41) is 14.9. The minimum Gasteiger partial charge on any atom is -0.308 e. The molecule has 0 atom stereocenters.